The molecule has 0 saturated carbocycles. The van der Waals surface area contributed by atoms with Crippen molar-refractivity contribution in [1.29, 1.82) is 0 Å². The molecule has 0 bridgehead atoms. The molecular weight excluding hydrogens is 475 g/mol. The Balaban J connectivity index is 1.77. The lowest BCUT2D eigenvalue weighted by atomic mass is 9.84. The summed E-state index contributed by atoms with van der Waals surface area (Å²) in [4.78, 5) is 35.4. The van der Waals surface area contributed by atoms with E-state index in [2.05, 4.69) is 15.3 Å². The standard InChI is InChI=1S/C25H28F3N5O3/c1-14(16-6-5-7-17(20(16)26)21(27)28)31-22-18-12-19(24(35)32(3)23(18)30-13-29-22)25(36-4)8-10-33(11-9-25)15(2)34/h5-7,12-14,21H,8-11H2,1-4H3,(H,29,30,31). The number of aryl methyl sites for hydroxylation is 1. The normalized spacial score (nSPS) is 16.4. The molecule has 1 fully saturated rings. The topological polar surface area (TPSA) is 89.3 Å². The third kappa shape index (κ3) is 4.43. The van der Waals surface area contributed by atoms with Crippen LogP contribution in [-0.2, 0) is 22.2 Å². The van der Waals surface area contributed by atoms with Crippen molar-refractivity contribution in [2.45, 2.75) is 44.8 Å². The van der Waals surface area contributed by atoms with Crippen molar-refractivity contribution in [3.8, 4) is 0 Å². The number of pyridine rings is 1. The Bertz CT molecular complexity index is 1350. The van der Waals surface area contributed by atoms with Crippen molar-refractivity contribution in [1.82, 2.24) is 19.4 Å². The number of anilines is 1. The van der Waals surface area contributed by atoms with Gasteiger partial charge in [-0.1, -0.05) is 18.2 Å². The van der Waals surface area contributed by atoms with E-state index in [1.807, 2.05) is 0 Å². The van der Waals surface area contributed by atoms with E-state index in [0.717, 1.165) is 6.07 Å². The molecular formula is C25H28F3N5O3. The van der Waals surface area contributed by atoms with Gasteiger partial charge in [-0.25, -0.2) is 23.1 Å². The van der Waals surface area contributed by atoms with Gasteiger partial charge < -0.3 is 15.0 Å². The zero-order valence-corrected chi connectivity index (χ0v) is 20.5. The Hall–Kier alpha value is -3.47. The van der Waals surface area contributed by atoms with E-state index in [1.165, 1.54) is 37.1 Å². The Morgan fingerprint density at radius 2 is 1.86 bits per heavy atom. The fraction of sp³-hybridized carbons (Fsp3) is 0.440. The molecule has 192 valence electrons. The Morgan fingerprint density at radius 3 is 2.47 bits per heavy atom. The molecule has 1 aliphatic rings. The number of rotatable bonds is 6. The minimum absolute atomic E-state index is 0.0388. The summed E-state index contributed by atoms with van der Waals surface area (Å²) in [5.41, 5.74) is -1.05. The van der Waals surface area contributed by atoms with Gasteiger partial charge >= 0.3 is 0 Å². The van der Waals surface area contributed by atoms with E-state index < -0.39 is 29.4 Å². The molecule has 0 radical (unpaired) electrons. The van der Waals surface area contributed by atoms with Gasteiger partial charge in [-0.15, -0.1) is 0 Å². The number of carbonyl (C=O) groups excluding carboxylic acids is 1. The molecule has 1 saturated heterocycles. The van der Waals surface area contributed by atoms with Crippen LogP contribution < -0.4 is 10.9 Å². The van der Waals surface area contributed by atoms with Crippen LogP contribution in [0, 0.1) is 5.82 Å². The zero-order valence-electron chi connectivity index (χ0n) is 20.5. The van der Waals surface area contributed by atoms with E-state index >= 15 is 0 Å². The second-order valence-corrected chi connectivity index (χ2v) is 9.00. The van der Waals surface area contributed by atoms with Gasteiger partial charge in [0.05, 0.1) is 22.6 Å². The van der Waals surface area contributed by atoms with Crippen molar-refractivity contribution in [2.24, 2.45) is 7.05 Å². The number of likely N-dealkylation sites (tertiary alicyclic amines) is 1. The van der Waals surface area contributed by atoms with Crippen LogP contribution >= 0.6 is 0 Å². The summed E-state index contributed by atoms with van der Waals surface area (Å²) in [7, 11) is 3.13. The number of methoxy groups -OCH3 is 1. The first-order valence-electron chi connectivity index (χ1n) is 11.6. The van der Waals surface area contributed by atoms with Crippen LogP contribution in [0.25, 0.3) is 11.0 Å². The molecule has 1 N–H and O–H groups in total. The third-order valence-electron chi connectivity index (χ3n) is 7.02. The number of hydrogen-bond acceptors (Lipinski definition) is 6. The van der Waals surface area contributed by atoms with Gasteiger partial charge in [0.15, 0.2) is 0 Å². The Morgan fingerprint density at radius 1 is 1.19 bits per heavy atom. The number of benzene rings is 1. The number of alkyl halides is 2. The minimum atomic E-state index is -2.94. The molecule has 1 aliphatic heterocycles. The molecule has 0 spiro atoms. The van der Waals surface area contributed by atoms with Crippen molar-refractivity contribution >= 4 is 22.8 Å². The predicted octanol–water partition coefficient (Wildman–Crippen LogP) is 4.06. The molecule has 11 heteroatoms. The van der Waals surface area contributed by atoms with E-state index in [-0.39, 0.29) is 17.0 Å². The van der Waals surface area contributed by atoms with Gasteiger partial charge in [0.1, 0.15) is 29.2 Å². The lowest BCUT2D eigenvalue weighted by molar-refractivity contribution is -0.135. The monoisotopic (exact) mass is 503 g/mol. The van der Waals surface area contributed by atoms with Gasteiger partial charge in [-0.05, 0) is 25.8 Å². The molecule has 1 atom stereocenters. The summed E-state index contributed by atoms with van der Waals surface area (Å²) in [5.74, 6) is -0.698. The molecule has 1 aromatic carbocycles. The number of fused-ring (bicyclic) bond motifs is 1. The molecule has 36 heavy (non-hydrogen) atoms. The van der Waals surface area contributed by atoms with Crippen LogP contribution in [0.15, 0.2) is 35.4 Å². The summed E-state index contributed by atoms with van der Waals surface area (Å²) in [5, 5.41) is 3.59. The van der Waals surface area contributed by atoms with Crippen LogP contribution in [-0.4, -0.2) is 45.5 Å². The fourth-order valence-electron chi connectivity index (χ4n) is 4.83. The first-order chi connectivity index (χ1) is 17.1. The number of nitrogens with zero attached hydrogens (tertiary/aromatic N) is 4. The molecule has 0 aliphatic carbocycles. The number of piperidine rings is 1. The van der Waals surface area contributed by atoms with Crippen molar-refractivity contribution in [3.63, 3.8) is 0 Å². The summed E-state index contributed by atoms with van der Waals surface area (Å²) >= 11 is 0. The first kappa shape index (κ1) is 25.6. The largest absolute Gasteiger partial charge is 0.373 e. The number of nitrogens with one attached hydrogen (secondary N) is 1. The lowest BCUT2D eigenvalue weighted by Gasteiger charge is -2.40. The quantitative estimate of drug-likeness (QED) is 0.546. The zero-order chi connectivity index (χ0) is 26.2. The molecule has 1 amide bonds. The maximum absolute atomic E-state index is 14.8. The van der Waals surface area contributed by atoms with E-state index in [9.17, 15) is 22.8 Å². The Kier molecular flexibility index (Phi) is 7.03. The molecule has 8 nitrogen and oxygen atoms in total. The fourth-order valence-corrected chi connectivity index (χ4v) is 4.83. The van der Waals surface area contributed by atoms with Gasteiger partial charge in [0, 0.05) is 39.7 Å². The maximum Gasteiger partial charge on any atom is 0.266 e. The number of hydrogen-bond donors (Lipinski definition) is 1. The average molecular weight is 504 g/mol. The van der Waals surface area contributed by atoms with Crippen LogP contribution in [0.3, 0.4) is 0 Å². The molecule has 1 unspecified atom stereocenters. The number of carbonyl (C=O) groups is 1. The summed E-state index contributed by atoms with van der Waals surface area (Å²) in [6.45, 7) is 4.03. The second-order valence-electron chi connectivity index (χ2n) is 9.00. The highest BCUT2D eigenvalue weighted by Crippen LogP contribution is 2.37. The highest BCUT2D eigenvalue weighted by Gasteiger charge is 2.40. The van der Waals surface area contributed by atoms with E-state index in [4.69, 9.17) is 4.74 Å². The number of halogens is 3. The predicted molar refractivity (Wildman–Crippen MR) is 128 cm³/mol. The SMILES string of the molecule is COC1(c2cc3c(NC(C)c4cccc(C(F)F)c4F)ncnc3n(C)c2=O)CCN(C(C)=O)CC1. The highest BCUT2D eigenvalue weighted by atomic mass is 19.3. The summed E-state index contributed by atoms with van der Waals surface area (Å²) < 4.78 is 48.4. The van der Waals surface area contributed by atoms with Crippen LogP contribution in [0.1, 0.15) is 55.8 Å². The van der Waals surface area contributed by atoms with Gasteiger partial charge in [-0.3, -0.25) is 14.2 Å². The molecule has 2 aromatic heterocycles. The van der Waals surface area contributed by atoms with Crippen molar-refractivity contribution in [3.05, 3.63) is 63.5 Å². The van der Waals surface area contributed by atoms with Crippen LogP contribution in [0.4, 0.5) is 19.0 Å². The molecule has 3 heterocycles. The Labute approximate surface area is 206 Å². The van der Waals surface area contributed by atoms with E-state index in [0.29, 0.717) is 48.3 Å². The second kappa shape index (κ2) is 9.88. The third-order valence-corrected chi connectivity index (χ3v) is 7.02. The summed E-state index contributed by atoms with van der Waals surface area (Å²) in [6, 6.07) is 4.84. The molecule has 3 aromatic rings. The van der Waals surface area contributed by atoms with Crippen LogP contribution in [0.5, 0.6) is 0 Å². The number of aromatic nitrogens is 3. The van der Waals surface area contributed by atoms with Crippen molar-refractivity contribution < 1.29 is 22.7 Å². The van der Waals surface area contributed by atoms with Crippen LogP contribution in [0.2, 0.25) is 0 Å². The van der Waals surface area contributed by atoms with Gasteiger partial charge in [-0.2, -0.15) is 0 Å². The van der Waals surface area contributed by atoms with Gasteiger partial charge in [0.2, 0.25) is 5.91 Å². The lowest BCUT2D eigenvalue weighted by Crippen LogP contribution is -2.48. The van der Waals surface area contributed by atoms with Gasteiger partial charge in [0.25, 0.3) is 12.0 Å². The minimum Gasteiger partial charge on any atom is -0.373 e. The highest BCUT2D eigenvalue weighted by molar-refractivity contribution is 5.87. The average Bonchev–Trinajstić information content (AvgIpc) is 2.86. The van der Waals surface area contributed by atoms with E-state index in [1.54, 1.807) is 24.9 Å². The van der Waals surface area contributed by atoms with Crippen molar-refractivity contribution in [2.75, 3.05) is 25.5 Å². The smallest absolute Gasteiger partial charge is 0.266 e. The number of ether oxygens (including phenoxy) is 1. The maximum atomic E-state index is 14.8. The summed E-state index contributed by atoms with van der Waals surface area (Å²) in [6.07, 6.45) is -0.793. The number of amides is 1. The first-order valence-corrected chi connectivity index (χ1v) is 11.6. The molecule has 4 rings (SSSR count).